The van der Waals surface area contributed by atoms with Crippen molar-refractivity contribution in [1.29, 1.82) is 0 Å². The molecule has 114 valence electrons. The van der Waals surface area contributed by atoms with E-state index in [0.29, 0.717) is 13.2 Å². The number of carbonyl (C=O) groups is 1. The Morgan fingerprint density at radius 3 is 2.67 bits per heavy atom. The van der Waals surface area contributed by atoms with E-state index in [1.54, 1.807) is 4.90 Å². The van der Waals surface area contributed by atoms with E-state index >= 15 is 0 Å². The first-order valence-corrected chi connectivity index (χ1v) is 7.46. The van der Waals surface area contributed by atoms with Crippen LogP contribution >= 0.6 is 0 Å². The molecule has 1 aliphatic heterocycles. The fourth-order valence-corrected chi connectivity index (χ4v) is 2.90. The number of amides is 2. The van der Waals surface area contributed by atoms with Gasteiger partial charge in [0.05, 0.1) is 17.8 Å². The second-order valence-corrected chi connectivity index (χ2v) is 5.74. The van der Waals surface area contributed by atoms with E-state index in [4.69, 9.17) is 4.74 Å². The first-order chi connectivity index (χ1) is 9.92. The predicted molar refractivity (Wildman–Crippen MR) is 86.9 cm³/mol. The van der Waals surface area contributed by atoms with Crippen LogP contribution in [0.1, 0.15) is 40.2 Å². The maximum absolute atomic E-state index is 12.6. The Labute approximate surface area is 126 Å². The Balaban J connectivity index is 2.63. The summed E-state index contributed by atoms with van der Waals surface area (Å²) < 4.78 is 5.76. The molecule has 0 atom stereocenters. The van der Waals surface area contributed by atoms with Crippen LogP contribution in [0, 0.1) is 0 Å². The summed E-state index contributed by atoms with van der Waals surface area (Å²) >= 11 is 0. The highest BCUT2D eigenvalue weighted by Crippen LogP contribution is 2.44. The first-order valence-electron chi connectivity index (χ1n) is 7.46. The minimum absolute atomic E-state index is 0.0975. The molecule has 0 saturated carbocycles. The summed E-state index contributed by atoms with van der Waals surface area (Å²) in [6, 6.07) is 5.82. The van der Waals surface area contributed by atoms with Gasteiger partial charge in [-0.15, -0.1) is 0 Å². The summed E-state index contributed by atoms with van der Waals surface area (Å²) in [7, 11) is 0. The number of carbonyl (C=O) groups excluding carboxylic acids is 1. The van der Waals surface area contributed by atoms with Crippen LogP contribution in [0.25, 0.3) is 5.57 Å². The Kier molecular flexibility index (Phi) is 4.26. The Hall–Kier alpha value is -1.97. The first kappa shape index (κ1) is 15.4. The number of urea groups is 1. The lowest BCUT2D eigenvalue weighted by Crippen LogP contribution is -2.53. The normalized spacial score (nSPS) is 16.0. The molecule has 0 aromatic heterocycles. The lowest BCUT2D eigenvalue weighted by Gasteiger charge is -2.42. The maximum atomic E-state index is 12.6. The van der Waals surface area contributed by atoms with Gasteiger partial charge in [-0.1, -0.05) is 18.2 Å². The van der Waals surface area contributed by atoms with E-state index in [-0.39, 0.29) is 6.03 Å². The monoisotopic (exact) mass is 288 g/mol. The maximum Gasteiger partial charge on any atom is 0.322 e. The van der Waals surface area contributed by atoms with Crippen LogP contribution in [0.4, 0.5) is 10.5 Å². The molecule has 1 aromatic carbocycles. The van der Waals surface area contributed by atoms with Crippen molar-refractivity contribution in [1.82, 2.24) is 5.32 Å². The van der Waals surface area contributed by atoms with E-state index in [0.717, 1.165) is 22.6 Å². The summed E-state index contributed by atoms with van der Waals surface area (Å²) in [5.74, 6) is 0.752. The summed E-state index contributed by atoms with van der Waals surface area (Å²) in [5.41, 5.74) is 2.67. The Morgan fingerprint density at radius 1 is 1.33 bits per heavy atom. The number of rotatable bonds is 3. The number of anilines is 1. The van der Waals surface area contributed by atoms with Gasteiger partial charge in [-0.25, -0.2) is 4.79 Å². The number of nitrogens with zero attached hydrogens (tertiary/aromatic N) is 1. The van der Waals surface area contributed by atoms with Crippen LogP contribution in [0.5, 0.6) is 5.75 Å². The van der Waals surface area contributed by atoms with Gasteiger partial charge < -0.3 is 10.1 Å². The zero-order chi connectivity index (χ0) is 15.6. The van der Waals surface area contributed by atoms with Gasteiger partial charge in [0.25, 0.3) is 0 Å². The molecule has 0 bridgehead atoms. The van der Waals surface area contributed by atoms with Gasteiger partial charge in [0.1, 0.15) is 5.75 Å². The molecule has 0 fully saturated rings. The molecule has 1 aromatic rings. The predicted octanol–water partition coefficient (Wildman–Crippen LogP) is 3.82. The SMILES string of the molecule is CCNC(=O)N1c2c(OCC)cccc2C(C)=CC1(C)C. The van der Waals surface area contributed by atoms with Crippen molar-refractivity contribution in [3.05, 3.63) is 29.8 Å². The smallest absolute Gasteiger partial charge is 0.322 e. The molecule has 4 heteroatoms. The molecule has 1 heterocycles. The number of hydrogen-bond acceptors (Lipinski definition) is 2. The van der Waals surface area contributed by atoms with Gasteiger partial charge in [0.2, 0.25) is 0 Å². The number of benzene rings is 1. The number of allylic oxidation sites excluding steroid dienone is 1. The third kappa shape index (κ3) is 2.75. The second-order valence-electron chi connectivity index (χ2n) is 5.74. The lowest BCUT2D eigenvalue weighted by atomic mass is 9.89. The van der Waals surface area contributed by atoms with E-state index in [1.807, 2.05) is 45.9 Å². The highest BCUT2D eigenvalue weighted by atomic mass is 16.5. The minimum atomic E-state index is -0.399. The van der Waals surface area contributed by atoms with Crippen molar-refractivity contribution in [2.24, 2.45) is 0 Å². The number of fused-ring (bicyclic) bond motifs is 1. The largest absolute Gasteiger partial charge is 0.492 e. The zero-order valence-corrected chi connectivity index (χ0v) is 13.5. The summed E-state index contributed by atoms with van der Waals surface area (Å²) in [4.78, 5) is 14.4. The molecule has 1 aliphatic rings. The number of hydrogen-bond donors (Lipinski definition) is 1. The Morgan fingerprint density at radius 2 is 2.05 bits per heavy atom. The number of nitrogens with one attached hydrogen (secondary N) is 1. The molecule has 0 radical (unpaired) electrons. The average Bonchev–Trinajstić information content (AvgIpc) is 2.39. The van der Waals surface area contributed by atoms with E-state index in [1.165, 1.54) is 0 Å². The van der Waals surface area contributed by atoms with E-state index in [9.17, 15) is 4.79 Å². The van der Waals surface area contributed by atoms with Gasteiger partial charge in [0, 0.05) is 12.1 Å². The van der Waals surface area contributed by atoms with Gasteiger partial charge in [0.15, 0.2) is 0 Å². The number of ether oxygens (including phenoxy) is 1. The molecule has 2 rings (SSSR count). The molecule has 0 unspecified atom stereocenters. The molecule has 21 heavy (non-hydrogen) atoms. The van der Waals surface area contributed by atoms with Crippen LogP contribution in [-0.2, 0) is 0 Å². The van der Waals surface area contributed by atoms with Crippen molar-refractivity contribution < 1.29 is 9.53 Å². The Bertz CT molecular complexity index is 576. The minimum Gasteiger partial charge on any atom is -0.492 e. The third-order valence-corrected chi connectivity index (χ3v) is 3.62. The quantitative estimate of drug-likeness (QED) is 0.918. The molecule has 0 spiro atoms. The van der Waals surface area contributed by atoms with Crippen molar-refractivity contribution >= 4 is 17.3 Å². The van der Waals surface area contributed by atoms with Crippen LogP contribution in [-0.4, -0.2) is 24.7 Å². The summed E-state index contributed by atoms with van der Waals surface area (Å²) in [5, 5.41) is 2.90. The van der Waals surface area contributed by atoms with E-state index in [2.05, 4.69) is 18.3 Å². The third-order valence-electron chi connectivity index (χ3n) is 3.62. The fraction of sp³-hybridized carbons (Fsp3) is 0.471. The molecule has 0 aliphatic carbocycles. The number of para-hydroxylation sites is 1. The van der Waals surface area contributed by atoms with Crippen LogP contribution < -0.4 is 15.0 Å². The summed E-state index contributed by atoms with van der Waals surface area (Å²) in [6.45, 7) is 11.2. The standard InChI is InChI=1S/C17H24N2O2/c1-6-18-16(20)19-15-13(12(3)11-17(19,4)5)9-8-10-14(15)21-7-2/h8-11H,6-7H2,1-5H3,(H,18,20). The van der Waals surface area contributed by atoms with E-state index < -0.39 is 5.54 Å². The molecular formula is C17H24N2O2. The topological polar surface area (TPSA) is 41.6 Å². The lowest BCUT2D eigenvalue weighted by molar-refractivity contribution is 0.242. The highest BCUT2D eigenvalue weighted by molar-refractivity contribution is 6.01. The fourth-order valence-electron chi connectivity index (χ4n) is 2.90. The molecule has 0 saturated heterocycles. The van der Waals surface area contributed by atoms with Crippen molar-refractivity contribution in [3.63, 3.8) is 0 Å². The van der Waals surface area contributed by atoms with Gasteiger partial charge >= 0.3 is 6.03 Å². The van der Waals surface area contributed by atoms with Gasteiger partial charge in [-0.3, -0.25) is 4.90 Å². The molecule has 4 nitrogen and oxygen atoms in total. The van der Waals surface area contributed by atoms with Crippen LogP contribution in [0.15, 0.2) is 24.3 Å². The molecule has 2 amide bonds. The highest BCUT2D eigenvalue weighted by Gasteiger charge is 2.37. The zero-order valence-electron chi connectivity index (χ0n) is 13.5. The second kappa shape index (κ2) is 5.80. The van der Waals surface area contributed by atoms with Crippen LogP contribution in [0.3, 0.4) is 0 Å². The average molecular weight is 288 g/mol. The van der Waals surface area contributed by atoms with Gasteiger partial charge in [-0.05, 0) is 46.3 Å². The van der Waals surface area contributed by atoms with Crippen molar-refractivity contribution in [2.75, 3.05) is 18.1 Å². The summed E-state index contributed by atoms with van der Waals surface area (Å²) in [6.07, 6.45) is 2.13. The molecule has 1 N–H and O–H groups in total. The van der Waals surface area contributed by atoms with Crippen molar-refractivity contribution in [2.45, 2.75) is 40.2 Å². The van der Waals surface area contributed by atoms with Crippen LogP contribution in [0.2, 0.25) is 0 Å². The van der Waals surface area contributed by atoms with Crippen molar-refractivity contribution in [3.8, 4) is 5.75 Å². The van der Waals surface area contributed by atoms with Gasteiger partial charge in [-0.2, -0.15) is 0 Å². The molecular weight excluding hydrogens is 264 g/mol.